The minimum Gasteiger partial charge on any atom is -0.351 e. The average molecular weight is 427 g/mol. The normalized spacial score (nSPS) is 14.5. The van der Waals surface area contributed by atoms with Crippen molar-refractivity contribution in [3.8, 4) is 0 Å². The standard InChI is InChI=1S/C23H26N2O4S/c1-4-28-21(29-5-2)14-24-22(26)17-10-11-19-18(13-17)25-23(27)20(30-19)12-16-8-6-15(3)7-9-16/h6-13,21H,4-5,14H2,1-3H3,(H,24,26)(H,25,27). The SMILES string of the molecule is CCOC(CNC(=O)c1ccc2c(c1)NC(=O)C(=Cc1ccc(C)cc1)S2)OCC. The quantitative estimate of drug-likeness (QED) is 0.488. The van der Waals surface area contributed by atoms with E-state index in [1.54, 1.807) is 12.1 Å². The van der Waals surface area contributed by atoms with Gasteiger partial charge >= 0.3 is 0 Å². The van der Waals surface area contributed by atoms with Crippen LogP contribution in [0.2, 0.25) is 0 Å². The molecule has 0 unspecified atom stereocenters. The summed E-state index contributed by atoms with van der Waals surface area (Å²) in [5.74, 6) is -0.430. The Morgan fingerprint density at radius 2 is 1.83 bits per heavy atom. The van der Waals surface area contributed by atoms with E-state index in [-0.39, 0.29) is 18.4 Å². The third-order valence-electron chi connectivity index (χ3n) is 4.44. The van der Waals surface area contributed by atoms with Gasteiger partial charge in [-0.2, -0.15) is 0 Å². The van der Waals surface area contributed by atoms with Gasteiger partial charge in [-0.3, -0.25) is 9.59 Å². The lowest BCUT2D eigenvalue weighted by atomic mass is 10.1. The molecule has 1 heterocycles. The third-order valence-corrected chi connectivity index (χ3v) is 5.54. The number of benzene rings is 2. The molecule has 2 N–H and O–H groups in total. The number of rotatable bonds is 8. The molecular weight excluding hydrogens is 400 g/mol. The number of carbonyl (C=O) groups is 2. The zero-order valence-electron chi connectivity index (χ0n) is 17.4. The predicted molar refractivity (Wildman–Crippen MR) is 119 cm³/mol. The van der Waals surface area contributed by atoms with E-state index in [0.717, 1.165) is 10.5 Å². The van der Waals surface area contributed by atoms with Crippen LogP contribution in [0.25, 0.3) is 6.08 Å². The maximum Gasteiger partial charge on any atom is 0.262 e. The third kappa shape index (κ3) is 5.72. The largest absolute Gasteiger partial charge is 0.351 e. The molecule has 1 aliphatic rings. The van der Waals surface area contributed by atoms with E-state index in [1.165, 1.54) is 17.3 Å². The van der Waals surface area contributed by atoms with Crippen LogP contribution in [-0.4, -0.2) is 37.9 Å². The summed E-state index contributed by atoms with van der Waals surface area (Å²) in [5.41, 5.74) is 3.23. The molecule has 0 saturated heterocycles. The molecule has 0 atom stereocenters. The predicted octanol–water partition coefficient (Wildman–Crippen LogP) is 4.21. The summed E-state index contributed by atoms with van der Waals surface area (Å²) in [5, 5.41) is 5.70. The Labute approximate surface area is 181 Å². The van der Waals surface area contributed by atoms with Crippen molar-refractivity contribution in [3.63, 3.8) is 0 Å². The molecule has 0 aromatic heterocycles. The lowest BCUT2D eigenvalue weighted by Gasteiger charge is -2.20. The molecule has 3 rings (SSSR count). The Balaban J connectivity index is 1.69. The van der Waals surface area contributed by atoms with Gasteiger partial charge in [0, 0.05) is 23.7 Å². The van der Waals surface area contributed by atoms with Gasteiger partial charge in [0.05, 0.1) is 17.1 Å². The Hall–Kier alpha value is -2.61. The second kappa shape index (κ2) is 10.4. The Kier molecular flexibility index (Phi) is 7.68. The van der Waals surface area contributed by atoms with Crippen LogP contribution in [0, 0.1) is 6.92 Å². The molecular formula is C23H26N2O4S. The van der Waals surface area contributed by atoms with Gasteiger partial charge in [-0.1, -0.05) is 41.6 Å². The number of hydrogen-bond acceptors (Lipinski definition) is 5. The lowest BCUT2D eigenvalue weighted by Crippen LogP contribution is -2.35. The fraction of sp³-hybridized carbons (Fsp3) is 0.304. The van der Waals surface area contributed by atoms with E-state index in [2.05, 4.69) is 10.6 Å². The molecule has 30 heavy (non-hydrogen) atoms. The molecule has 2 aromatic carbocycles. The van der Waals surface area contributed by atoms with Gasteiger partial charge in [0.2, 0.25) is 0 Å². The van der Waals surface area contributed by atoms with Crippen molar-refractivity contribution in [3.05, 3.63) is 64.1 Å². The van der Waals surface area contributed by atoms with Gasteiger partial charge in [0.15, 0.2) is 6.29 Å². The number of carbonyl (C=O) groups excluding carboxylic acids is 2. The van der Waals surface area contributed by atoms with Crippen molar-refractivity contribution in [1.29, 1.82) is 0 Å². The highest BCUT2D eigenvalue weighted by Crippen LogP contribution is 2.39. The maximum atomic E-state index is 12.5. The highest BCUT2D eigenvalue weighted by molar-refractivity contribution is 8.04. The number of aryl methyl sites for hydroxylation is 1. The van der Waals surface area contributed by atoms with Crippen LogP contribution >= 0.6 is 11.8 Å². The number of anilines is 1. The van der Waals surface area contributed by atoms with Gasteiger partial charge in [-0.15, -0.1) is 0 Å². The van der Waals surface area contributed by atoms with Gasteiger partial charge < -0.3 is 20.1 Å². The first-order valence-electron chi connectivity index (χ1n) is 9.93. The monoisotopic (exact) mass is 426 g/mol. The molecule has 2 amide bonds. The highest BCUT2D eigenvalue weighted by Gasteiger charge is 2.22. The van der Waals surface area contributed by atoms with Crippen molar-refractivity contribution in [2.75, 3.05) is 25.1 Å². The summed E-state index contributed by atoms with van der Waals surface area (Å²) < 4.78 is 10.9. The molecule has 1 aliphatic heterocycles. The van der Waals surface area contributed by atoms with Crippen LogP contribution in [0.15, 0.2) is 52.3 Å². The van der Waals surface area contributed by atoms with E-state index in [1.807, 2.05) is 57.2 Å². The van der Waals surface area contributed by atoms with Crippen molar-refractivity contribution in [1.82, 2.24) is 5.32 Å². The topological polar surface area (TPSA) is 76.7 Å². The van der Waals surface area contributed by atoms with Crippen molar-refractivity contribution in [2.24, 2.45) is 0 Å². The fourth-order valence-electron chi connectivity index (χ4n) is 2.93. The minimum atomic E-state index is -0.480. The summed E-state index contributed by atoms with van der Waals surface area (Å²) in [6.45, 7) is 7.03. The van der Waals surface area contributed by atoms with Crippen LogP contribution in [0.5, 0.6) is 0 Å². The van der Waals surface area contributed by atoms with Crippen LogP contribution in [0.1, 0.15) is 35.3 Å². The highest BCUT2D eigenvalue weighted by atomic mass is 32.2. The number of ether oxygens (including phenoxy) is 2. The Morgan fingerprint density at radius 1 is 1.13 bits per heavy atom. The molecule has 0 radical (unpaired) electrons. The Morgan fingerprint density at radius 3 is 2.50 bits per heavy atom. The first kappa shape index (κ1) is 22.1. The van der Waals surface area contributed by atoms with Crippen LogP contribution < -0.4 is 10.6 Å². The van der Waals surface area contributed by atoms with Crippen molar-refractivity contribution >= 4 is 35.3 Å². The molecule has 0 spiro atoms. The van der Waals surface area contributed by atoms with Gasteiger partial charge in [0.25, 0.3) is 11.8 Å². The van der Waals surface area contributed by atoms with Crippen LogP contribution in [-0.2, 0) is 14.3 Å². The molecule has 0 fully saturated rings. The summed E-state index contributed by atoms with van der Waals surface area (Å²) in [4.78, 5) is 26.5. The Bertz CT molecular complexity index is 935. The molecule has 6 nitrogen and oxygen atoms in total. The maximum absolute atomic E-state index is 12.5. The van der Waals surface area contributed by atoms with Gasteiger partial charge in [-0.25, -0.2) is 0 Å². The zero-order chi connectivity index (χ0) is 21.5. The molecule has 0 saturated carbocycles. The van der Waals surface area contributed by atoms with Crippen molar-refractivity contribution < 1.29 is 19.1 Å². The van der Waals surface area contributed by atoms with Crippen molar-refractivity contribution in [2.45, 2.75) is 32.0 Å². The van der Waals surface area contributed by atoms with Gasteiger partial charge in [-0.05, 0) is 50.6 Å². The number of amides is 2. The number of hydrogen-bond donors (Lipinski definition) is 2. The molecule has 7 heteroatoms. The number of fused-ring (bicyclic) bond motifs is 1. The second-order valence-electron chi connectivity index (χ2n) is 6.74. The van der Waals surface area contributed by atoms with E-state index >= 15 is 0 Å². The van der Waals surface area contributed by atoms with Crippen LogP contribution in [0.3, 0.4) is 0 Å². The first-order valence-corrected chi connectivity index (χ1v) is 10.7. The number of thioether (sulfide) groups is 1. The summed E-state index contributed by atoms with van der Waals surface area (Å²) in [7, 11) is 0. The molecule has 0 aliphatic carbocycles. The van der Waals surface area contributed by atoms with Gasteiger partial charge in [0.1, 0.15) is 0 Å². The fourth-order valence-corrected chi connectivity index (χ4v) is 3.86. The van der Waals surface area contributed by atoms with E-state index in [9.17, 15) is 9.59 Å². The first-order chi connectivity index (χ1) is 14.5. The summed E-state index contributed by atoms with van der Waals surface area (Å²) >= 11 is 1.39. The average Bonchev–Trinajstić information content (AvgIpc) is 2.74. The molecule has 158 valence electrons. The lowest BCUT2D eigenvalue weighted by molar-refractivity contribution is -0.131. The van der Waals surface area contributed by atoms with E-state index < -0.39 is 6.29 Å². The van der Waals surface area contributed by atoms with E-state index in [0.29, 0.717) is 29.4 Å². The smallest absolute Gasteiger partial charge is 0.262 e. The second-order valence-corrected chi connectivity index (χ2v) is 7.82. The molecule has 2 aromatic rings. The van der Waals surface area contributed by atoms with Crippen LogP contribution in [0.4, 0.5) is 5.69 Å². The summed E-state index contributed by atoms with van der Waals surface area (Å²) in [6, 6.07) is 13.3. The minimum absolute atomic E-state index is 0.182. The number of nitrogens with one attached hydrogen (secondary N) is 2. The van der Waals surface area contributed by atoms with E-state index in [4.69, 9.17) is 9.47 Å². The zero-order valence-corrected chi connectivity index (χ0v) is 18.2. The summed E-state index contributed by atoms with van der Waals surface area (Å²) in [6.07, 6.45) is 1.39. The molecule has 0 bridgehead atoms.